The molecule has 1 aliphatic heterocycles. The molecule has 2 aromatic rings. The average molecular weight is 349 g/mol. The van der Waals surface area contributed by atoms with E-state index in [1.807, 2.05) is 11.8 Å². The quantitative estimate of drug-likeness (QED) is 0.748. The van der Waals surface area contributed by atoms with E-state index in [1.54, 1.807) is 0 Å². The highest BCUT2D eigenvalue weighted by molar-refractivity contribution is 7.98. The summed E-state index contributed by atoms with van der Waals surface area (Å²) in [4.78, 5) is 6.45. The minimum absolute atomic E-state index is 0. The molecule has 124 valence electrons. The predicted molar refractivity (Wildman–Crippen MR) is 104 cm³/mol. The lowest BCUT2D eigenvalue weighted by atomic mass is 10.1. The van der Waals surface area contributed by atoms with Crippen molar-refractivity contribution < 1.29 is 0 Å². The number of nitrogens with zero attached hydrogens (tertiary/aromatic N) is 2. The molecule has 0 unspecified atom stereocenters. The zero-order valence-electron chi connectivity index (χ0n) is 13.6. The number of hydrogen-bond acceptors (Lipinski definition) is 3. The molecule has 1 heterocycles. The number of benzene rings is 2. The Bertz CT molecular complexity index is 583. The maximum Gasteiger partial charge on any atom is 0.0378 e. The molecule has 0 spiro atoms. The van der Waals surface area contributed by atoms with Crippen LogP contribution in [-0.2, 0) is 6.42 Å². The monoisotopic (exact) mass is 348 g/mol. The molecular weight excluding hydrogens is 324 g/mol. The van der Waals surface area contributed by atoms with Gasteiger partial charge in [0.1, 0.15) is 0 Å². The van der Waals surface area contributed by atoms with Crippen molar-refractivity contribution >= 4 is 29.9 Å². The van der Waals surface area contributed by atoms with Gasteiger partial charge in [0.15, 0.2) is 0 Å². The van der Waals surface area contributed by atoms with Crippen molar-refractivity contribution in [2.45, 2.75) is 11.3 Å². The minimum atomic E-state index is 0. The molecule has 2 nitrogen and oxygen atoms in total. The second-order valence-corrected chi connectivity index (χ2v) is 6.65. The molecule has 0 aliphatic carbocycles. The lowest BCUT2D eigenvalue weighted by molar-refractivity contribution is 0.261. The van der Waals surface area contributed by atoms with Gasteiger partial charge in [-0.3, -0.25) is 4.90 Å². The van der Waals surface area contributed by atoms with E-state index >= 15 is 0 Å². The summed E-state index contributed by atoms with van der Waals surface area (Å²) >= 11 is 1.82. The molecule has 1 fully saturated rings. The first-order chi connectivity index (χ1) is 10.8. The third-order valence-electron chi connectivity index (χ3n) is 4.35. The molecule has 1 aliphatic rings. The fourth-order valence-electron chi connectivity index (χ4n) is 2.97. The topological polar surface area (TPSA) is 6.48 Å². The zero-order chi connectivity index (χ0) is 15.2. The Kier molecular flexibility index (Phi) is 7.28. The number of thioether (sulfide) groups is 1. The third kappa shape index (κ3) is 5.17. The zero-order valence-corrected chi connectivity index (χ0v) is 15.3. The summed E-state index contributed by atoms with van der Waals surface area (Å²) < 4.78 is 0. The van der Waals surface area contributed by atoms with Gasteiger partial charge >= 0.3 is 0 Å². The van der Waals surface area contributed by atoms with Crippen LogP contribution in [0.1, 0.15) is 5.56 Å². The largest absolute Gasteiger partial charge is 0.369 e. The van der Waals surface area contributed by atoms with Gasteiger partial charge in [-0.05, 0) is 36.4 Å². The van der Waals surface area contributed by atoms with Crippen LogP contribution >= 0.6 is 24.2 Å². The fraction of sp³-hybridized carbons (Fsp3) is 0.368. The van der Waals surface area contributed by atoms with E-state index < -0.39 is 0 Å². The summed E-state index contributed by atoms with van der Waals surface area (Å²) in [5.41, 5.74) is 2.81. The van der Waals surface area contributed by atoms with Crippen LogP contribution in [0.4, 0.5) is 5.69 Å². The summed E-state index contributed by atoms with van der Waals surface area (Å²) in [6.07, 6.45) is 3.30. The number of hydrogen-bond donors (Lipinski definition) is 0. The number of rotatable bonds is 5. The highest BCUT2D eigenvalue weighted by Crippen LogP contribution is 2.23. The molecular formula is C19H25ClN2S. The summed E-state index contributed by atoms with van der Waals surface area (Å²) in [7, 11) is 0. The average Bonchev–Trinajstić information content (AvgIpc) is 2.61. The van der Waals surface area contributed by atoms with Gasteiger partial charge in [0.25, 0.3) is 0 Å². The maximum atomic E-state index is 2.59. The smallest absolute Gasteiger partial charge is 0.0378 e. The SMILES string of the molecule is CSc1cccc(N2CCN(CCc3ccccc3)CC2)c1.Cl. The van der Waals surface area contributed by atoms with Crippen molar-refractivity contribution in [1.29, 1.82) is 0 Å². The van der Waals surface area contributed by atoms with Gasteiger partial charge in [-0.2, -0.15) is 0 Å². The van der Waals surface area contributed by atoms with Gasteiger partial charge in [-0.15, -0.1) is 24.2 Å². The van der Waals surface area contributed by atoms with Gasteiger partial charge in [-0.1, -0.05) is 36.4 Å². The molecule has 0 amide bonds. The standard InChI is InChI=1S/C19H24N2S.ClH/c1-22-19-9-5-8-18(16-19)21-14-12-20(13-15-21)11-10-17-6-3-2-4-7-17;/h2-9,16H,10-15H2,1H3;1H. The van der Waals surface area contributed by atoms with Gasteiger partial charge in [0, 0.05) is 43.3 Å². The molecule has 0 aromatic heterocycles. The van der Waals surface area contributed by atoms with E-state index in [-0.39, 0.29) is 12.4 Å². The van der Waals surface area contributed by atoms with Crippen LogP contribution in [0.2, 0.25) is 0 Å². The first kappa shape index (κ1) is 18.2. The lowest BCUT2D eigenvalue weighted by Gasteiger charge is -2.36. The van der Waals surface area contributed by atoms with Gasteiger partial charge in [0.2, 0.25) is 0 Å². The molecule has 0 saturated carbocycles. The van der Waals surface area contributed by atoms with Gasteiger partial charge in [-0.25, -0.2) is 0 Å². The van der Waals surface area contributed by atoms with Gasteiger partial charge in [0.05, 0.1) is 0 Å². The summed E-state index contributed by atoms with van der Waals surface area (Å²) in [5, 5.41) is 0. The van der Waals surface area contributed by atoms with Crippen LogP contribution in [0, 0.1) is 0 Å². The van der Waals surface area contributed by atoms with E-state index in [1.165, 1.54) is 22.7 Å². The predicted octanol–water partition coefficient (Wildman–Crippen LogP) is 4.20. The van der Waals surface area contributed by atoms with Crippen LogP contribution < -0.4 is 4.90 Å². The van der Waals surface area contributed by atoms with Crippen LogP contribution in [0.25, 0.3) is 0 Å². The molecule has 23 heavy (non-hydrogen) atoms. The number of halogens is 1. The highest BCUT2D eigenvalue weighted by Gasteiger charge is 2.17. The highest BCUT2D eigenvalue weighted by atomic mass is 35.5. The normalized spacial score (nSPS) is 15.3. The first-order valence-electron chi connectivity index (χ1n) is 8.00. The minimum Gasteiger partial charge on any atom is -0.369 e. The van der Waals surface area contributed by atoms with Crippen LogP contribution in [0.3, 0.4) is 0 Å². The Morgan fingerprint density at radius 2 is 1.65 bits per heavy atom. The second kappa shape index (κ2) is 9.21. The number of piperazine rings is 1. The third-order valence-corrected chi connectivity index (χ3v) is 5.08. The van der Waals surface area contributed by atoms with Crippen molar-refractivity contribution in [3.8, 4) is 0 Å². The van der Waals surface area contributed by atoms with Crippen molar-refractivity contribution in [3.05, 3.63) is 60.2 Å². The lowest BCUT2D eigenvalue weighted by Crippen LogP contribution is -2.47. The fourth-order valence-corrected chi connectivity index (χ4v) is 3.42. The Morgan fingerprint density at radius 1 is 0.913 bits per heavy atom. The van der Waals surface area contributed by atoms with E-state index in [2.05, 4.69) is 70.7 Å². The summed E-state index contributed by atoms with van der Waals surface area (Å²) in [6.45, 7) is 5.76. The Labute approximate surface area is 150 Å². The summed E-state index contributed by atoms with van der Waals surface area (Å²) in [6, 6.07) is 19.7. The van der Waals surface area contributed by atoms with Crippen LogP contribution in [0.5, 0.6) is 0 Å². The van der Waals surface area contributed by atoms with Crippen molar-refractivity contribution in [1.82, 2.24) is 4.90 Å². The molecule has 0 atom stereocenters. The van der Waals surface area contributed by atoms with Crippen LogP contribution in [0.15, 0.2) is 59.5 Å². The maximum absolute atomic E-state index is 2.59. The van der Waals surface area contributed by atoms with E-state index in [0.717, 1.165) is 32.6 Å². The van der Waals surface area contributed by atoms with Crippen molar-refractivity contribution in [2.75, 3.05) is 43.9 Å². The molecule has 4 heteroatoms. The molecule has 0 radical (unpaired) electrons. The Morgan fingerprint density at radius 3 is 2.35 bits per heavy atom. The first-order valence-corrected chi connectivity index (χ1v) is 9.23. The van der Waals surface area contributed by atoms with E-state index in [4.69, 9.17) is 0 Å². The molecule has 0 N–H and O–H groups in total. The molecule has 2 aromatic carbocycles. The van der Waals surface area contributed by atoms with Crippen molar-refractivity contribution in [2.24, 2.45) is 0 Å². The Balaban J connectivity index is 0.00000192. The van der Waals surface area contributed by atoms with E-state index in [9.17, 15) is 0 Å². The van der Waals surface area contributed by atoms with Crippen molar-refractivity contribution in [3.63, 3.8) is 0 Å². The molecule has 0 bridgehead atoms. The van der Waals surface area contributed by atoms with Crippen LogP contribution in [-0.4, -0.2) is 43.9 Å². The van der Waals surface area contributed by atoms with E-state index in [0.29, 0.717) is 0 Å². The summed E-state index contributed by atoms with van der Waals surface area (Å²) in [5.74, 6) is 0. The second-order valence-electron chi connectivity index (χ2n) is 5.77. The van der Waals surface area contributed by atoms with Gasteiger partial charge < -0.3 is 4.90 Å². The Hall–Kier alpha value is -1.16. The molecule has 1 saturated heterocycles. The number of anilines is 1. The molecule has 3 rings (SSSR count).